The lowest BCUT2D eigenvalue weighted by Gasteiger charge is -2.09. The summed E-state index contributed by atoms with van der Waals surface area (Å²) >= 11 is 2.93. The van der Waals surface area contributed by atoms with E-state index in [9.17, 15) is 4.79 Å². The standard InChI is InChI=1S/C18H19N7O2S2/c1-3-14-23-25-15(26)10-13(20-17(25)29-14)11-28-18-22-21-16(24(18)8-9-27-2)12-4-6-19-7-5-12/h4-7,10H,3,8-9,11H2,1-2H3. The number of hydrogen-bond acceptors (Lipinski definition) is 9. The predicted molar refractivity (Wildman–Crippen MR) is 111 cm³/mol. The summed E-state index contributed by atoms with van der Waals surface area (Å²) in [5.41, 5.74) is 1.46. The largest absolute Gasteiger partial charge is 0.383 e. The number of aryl methyl sites for hydroxylation is 1. The maximum absolute atomic E-state index is 12.3. The molecule has 0 radical (unpaired) electrons. The van der Waals surface area contributed by atoms with Crippen LogP contribution in [0.15, 0.2) is 40.5 Å². The molecule has 0 atom stereocenters. The van der Waals surface area contributed by atoms with Gasteiger partial charge in [0.15, 0.2) is 11.0 Å². The first-order chi connectivity index (χ1) is 14.2. The van der Waals surface area contributed by atoms with Crippen molar-refractivity contribution in [3.8, 4) is 11.4 Å². The Balaban J connectivity index is 1.60. The van der Waals surface area contributed by atoms with Crippen molar-refractivity contribution in [2.24, 2.45) is 0 Å². The van der Waals surface area contributed by atoms with E-state index in [1.54, 1.807) is 19.5 Å². The Hall–Kier alpha value is -2.63. The van der Waals surface area contributed by atoms with Gasteiger partial charge in [0.25, 0.3) is 5.56 Å². The zero-order valence-electron chi connectivity index (χ0n) is 16.0. The Morgan fingerprint density at radius 1 is 1.24 bits per heavy atom. The Kier molecular flexibility index (Phi) is 5.97. The number of ether oxygens (including phenoxy) is 1. The molecule has 29 heavy (non-hydrogen) atoms. The van der Waals surface area contributed by atoms with Crippen LogP contribution in [0.2, 0.25) is 0 Å². The topological polar surface area (TPSA) is 100 Å². The van der Waals surface area contributed by atoms with Gasteiger partial charge in [-0.2, -0.15) is 9.61 Å². The molecule has 0 aliphatic carbocycles. The Morgan fingerprint density at radius 3 is 2.83 bits per heavy atom. The number of thioether (sulfide) groups is 1. The van der Waals surface area contributed by atoms with Gasteiger partial charge in [0.05, 0.1) is 18.8 Å². The zero-order chi connectivity index (χ0) is 20.2. The smallest absolute Gasteiger partial charge is 0.275 e. The fourth-order valence-electron chi connectivity index (χ4n) is 2.75. The summed E-state index contributed by atoms with van der Waals surface area (Å²) in [5.74, 6) is 1.26. The van der Waals surface area contributed by atoms with E-state index in [-0.39, 0.29) is 5.56 Å². The molecule has 11 heteroatoms. The third-order valence-electron chi connectivity index (χ3n) is 4.17. The number of pyridine rings is 1. The van der Waals surface area contributed by atoms with E-state index in [2.05, 4.69) is 25.3 Å². The van der Waals surface area contributed by atoms with Gasteiger partial charge in [0, 0.05) is 36.9 Å². The Labute approximate surface area is 174 Å². The molecule has 0 aliphatic heterocycles. The van der Waals surface area contributed by atoms with Gasteiger partial charge in [-0.1, -0.05) is 30.0 Å². The first-order valence-electron chi connectivity index (χ1n) is 9.03. The van der Waals surface area contributed by atoms with Crippen molar-refractivity contribution in [1.82, 2.24) is 34.3 Å². The highest BCUT2D eigenvalue weighted by Gasteiger charge is 2.15. The van der Waals surface area contributed by atoms with Crippen molar-refractivity contribution in [1.29, 1.82) is 0 Å². The quantitative estimate of drug-likeness (QED) is 0.393. The molecule has 0 aliphatic rings. The number of hydrogen-bond donors (Lipinski definition) is 0. The molecule has 0 saturated heterocycles. The molecule has 150 valence electrons. The van der Waals surface area contributed by atoms with Crippen molar-refractivity contribution in [2.75, 3.05) is 13.7 Å². The highest BCUT2D eigenvalue weighted by molar-refractivity contribution is 7.98. The minimum atomic E-state index is -0.167. The van der Waals surface area contributed by atoms with Crippen molar-refractivity contribution >= 4 is 28.1 Å². The van der Waals surface area contributed by atoms with Gasteiger partial charge in [-0.25, -0.2) is 4.98 Å². The molecule has 4 heterocycles. The van der Waals surface area contributed by atoms with Crippen LogP contribution in [0.5, 0.6) is 0 Å². The van der Waals surface area contributed by atoms with Gasteiger partial charge in [-0.15, -0.1) is 10.2 Å². The second kappa shape index (κ2) is 8.80. The number of fused-ring (bicyclic) bond motifs is 1. The van der Waals surface area contributed by atoms with Crippen LogP contribution in [-0.4, -0.2) is 48.1 Å². The van der Waals surface area contributed by atoms with Gasteiger partial charge in [0.1, 0.15) is 5.01 Å². The lowest BCUT2D eigenvalue weighted by Crippen LogP contribution is -2.15. The monoisotopic (exact) mass is 429 g/mol. The van der Waals surface area contributed by atoms with E-state index in [0.717, 1.165) is 28.0 Å². The summed E-state index contributed by atoms with van der Waals surface area (Å²) in [7, 11) is 1.66. The fourth-order valence-corrected chi connectivity index (χ4v) is 4.46. The second-order valence-electron chi connectivity index (χ2n) is 6.10. The second-order valence-corrected chi connectivity index (χ2v) is 8.09. The normalized spacial score (nSPS) is 11.4. The van der Waals surface area contributed by atoms with E-state index in [1.165, 1.54) is 33.7 Å². The number of methoxy groups -OCH3 is 1. The van der Waals surface area contributed by atoms with Crippen LogP contribution in [-0.2, 0) is 23.5 Å². The van der Waals surface area contributed by atoms with Crippen molar-refractivity contribution in [3.05, 3.63) is 51.6 Å². The minimum absolute atomic E-state index is 0.167. The molecule has 9 nitrogen and oxygen atoms in total. The molecule has 4 aromatic heterocycles. The molecule has 0 saturated carbocycles. The lowest BCUT2D eigenvalue weighted by atomic mass is 10.2. The summed E-state index contributed by atoms with van der Waals surface area (Å²) in [6.45, 7) is 3.16. The zero-order valence-corrected chi connectivity index (χ0v) is 17.6. The molecule has 0 amide bonds. The van der Waals surface area contributed by atoms with Crippen LogP contribution in [0.25, 0.3) is 16.3 Å². The maximum atomic E-state index is 12.3. The fraction of sp³-hybridized carbons (Fsp3) is 0.333. The van der Waals surface area contributed by atoms with Crippen LogP contribution in [0.1, 0.15) is 17.6 Å². The van der Waals surface area contributed by atoms with Gasteiger partial charge >= 0.3 is 0 Å². The van der Waals surface area contributed by atoms with Gasteiger partial charge in [-0.05, 0) is 18.6 Å². The summed E-state index contributed by atoms with van der Waals surface area (Å²) in [5, 5.41) is 14.6. The average molecular weight is 430 g/mol. The van der Waals surface area contributed by atoms with E-state index >= 15 is 0 Å². The van der Waals surface area contributed by atoms with E-state index in [1.807, 2.05) is 23.6 Å². The van der Waals surface area contributed by atoms with Crippen LogP contribution < -0.4 is 5.56 Å². The molecule has 0 bridgehead atoms. The van der Waals surface area contributed by atoms with Crippen LogP contribution in [0.3, 0.4) is 0 Å². The Morgan fingerprint density at radius 2 is 2.07 bits per heavy atom. The number of aromatic nitrogens is 7. The summed E-state index contributed by atoms with van der Waals surface area (Å²) < 4.78 is 8.61. The van der Waals surface area contributed by atoms with E-state index in [0.29, 0.717) is 29.6 Å². The number of nitrogens with zero attached hydrogens (tertiary/aromatic N) is 7. The highest BCUT2D eigenvalue weighted by Crippen LogP contribution is 2.26. The molecule has 0 spiro atoms. The van der Waals surface area contributed by atoms with Crippen LogP contribution in [0, 0.1) is 0 Å². The van der Waals surface area contributed by atoms with Gasteiger partial charge in [0.2, 0.25) is 4.96 Å². The average Bonchev–Trinajstić information content (AvgIpc) is 3.35. The van der Waals surface area contributed by atoms with Crippen molar-refractivity contribution < 1.29 is 4.74 Å². The van der Waals surface area contributed by atoms with Crippen molar-refractivity contribution in [2.45, 2.75) is 30.8 Å². The molecule has 0 fully saturated rings. The summed E-state index contributed by atoms with van der Waals surface area (Å²) in [6.07, 6.45) is 4.23. The lowest BCUT2D eigenvalue weighted by molar-refractivity contribution is 0.185. The van der Waals surface area contributed by atoms with Crippen molar-refractivity contribution in [3.63, 3.8) is 0 Å². The highest BCUT2D eigenvalue weighted by atomic mass is 32.2. The van der Waals surface area contributed by atoms with Crippen LogP contribution in [0.4, 0.5) is 0 Å². The molecular formula is C18H19N7O2S2. The minimum Gasteiger partial charge on any atom is -0.383 e. The van der Waals surface area contributed by atoms with E-state index < -0.39 is 0 Å². The third-order valence-corrected chi connectivity index (χ3v) is 6.22. The first kappa shape index (κ1) is 19.7. The molecule has 4 aromatic rings. The molecule has 0 aromatic carbocycles. The Bertz CT molecular complexity index is 1170. The molecular weight excluding hydrogens is 410 g/mol. The van der Waals surface area contributed by atoms with Crippen LogP contribution >= 0.6 is 23.1 Å². The maximum Gasteiger partial charge on any atom is 0.275 e. The summed E-state index contributed by atoms with van der Waals surface area (Å²) in [4.78, 5) is 21.6. The molecule has 0 N–H and O–H groups in total. The molecule has 0 unspecified atom stereocenters. The number of rotatable bonds is 8. The third kappa shape index (κ3) is 4.21. The van der Waals surface area contributed by atoms with Gasteiger partial charge < -0.3 is 4.74 Å². The van der Waals surface area contributed by atoms with E-state index in [4.69, 9.17) is 4.74 Å². The SMILES string of the molecule is CCc1nn2c(=O)cc(CSc3nnc(-c4ccncc4)n3CCOC)nc2s1. The summed E-state index contributed by atoms with van der Waals surface area (Å²) in [6, 6.07) is 5.32. The molecule has 4 rings (SSSR count). The predicted octanol–water partition coefficient (Wildman–Crippen LogP) is 2.31. The van der Waals surface area contributed by atoms with Gasteiger partial charge in [-0.3, -0.25) is 14.3 Å². The first-order valence-corrected chi connectivity index (χ1v) is 10.8.